The second kappa shape index (κ2) is 5.84. The van der Waals surface area contributed by atoms with Gasteiger partial charge in [-0.1, -0.05) is 25.3 Å². The number of hydrogen-bond donors (Lipinski definition) is 0. The summed E-state index contributed by atoms with van der Waals surface area (Å²) in [6.45, 7) is 4.16. The number of carbonyl (C=O) groups is 1. The van der Waals surface area contributed by atoms with E-state index in [1.54, 1.807) is 0 Å². The predicted molar refractivity (Wildman–Crippen MR) is 57.0 cm³/mol. The van der Waals surface area contributed by atoms with Crippen molar-refractivity contribution in [1.29, 1.82) is 0 Å². The molecule has 1 fully saturated rings. The molecule has 0 aromatic rings. The van der Waals surface area contributed by atoms with Crippen LogP contribution in [-0.4, -0.2) is 12.6 Å². The van der Waals surface area contributed by atoms with E-state index in [0.717, 1.165) is 5.57 Å². The molecule has 2 nitrogen and oxygen atoms in total. The number of allylic oxidation sites excluding steroid dienone is 1. The van der Waals surface area contributed by atoms with Crippen molar-refractivity contribution in [3.05, 3.63) is 11.6 Å². The molecule has 0 aromatic heterocycles. The highest BCUT2D eigenvalue weighted by Crippen LogP contribution is 2.25. The van der Waals surface area contributed by atoms with Crippen molar-refractivity contribution in [2.75, 3.05) is 6.61 Å². The first-order valence-electron chi connectivity index (χ1n) is 5.59. The van der Waals surface area contributed by atoms with Crippen LogP contribution >= 0.6 is 0 Å². The van der Waals surface area contributed by atoms with E-state index in [-0.39, 0.29) is 5.97 Å². The molecular formula is C12H20O2. The van der Waals surface area contributed by atoms with E-state index in [1.165, 1.54) is 32.1 Å². The van der Waals surface area contributed by atoms with E-state index >= 15 is 0 Å². The second-order valence-corrected chi connectivity index (χ2v) is 3.97. The summed E-state index contributed by atoms with van der Waals surface area (Å²) >= 11 is 0. The summed E-state index contributed by atoms with van der Waals surface area (Å²) in [5.41, 5.74) is 0.777. The van der Waals surface area contributed by atoms with Crippen LogP contribution < -0.4 is 0 Å². The summed E-state index contributed by atoms with van der Waals surface area (Å²) in [6.07, 6.45) is 8.52. The van der Waals surface area contributed by atoms with Crippen molar-refractivity contribution >= 4 is 5.97 Å². The van der Waals surface area contributed by atoms with E-state index < -0.39 is 0 Å². The fraction of sp³-hybridized carbons (Fsp3) is 0.750. The fourth-order valence-corrected chi connectivity index (χ4v) is 1.97. The average molecular weight is 196 g/mol. The third kappa shape index (κ3) is 3.52. The molecule has 0 unspecified atom stereocenters. The topological polar surface area (TPSA) is 26.3 Å². The normalized spacial score (nSPS) is 19.4. The van der Waals surface area contributed by atoms with Gasteiger partial charge in [0.1, 0.15) is 0 Å². The van der Waals surface area contributed by atoms with Gasteiger partial charge >= 0.3 is 5.97 Å². The number of ether oxygens (including phenoxy) is 1. The monoisotopic (exact) mass is 196 g/mol. The van der Waals surface area contributed by atoms with Crippen LogP contribution in [0.25, 0.3) is 0 Å². The summed E-state index contributed by atoms with van der Waals surface area (Å²) in [5, 5.41) is 0. The lowest BCUT2D eigenvalue weighted by Gasteiger charge is -2.18. The lowest BCUT2D eigenvalue weighted by Crippen LogP contribution is -2.09. The molecule has 2 heteroatoms. The van der Waals surface area contributed by atoms with Gasteiger partial charge in [0.2, 0.25) is 0 Å². The smallest absolute Gasteiger partial charge is 0.333 e. The average Bonchev–Trinajstić information content (AvgIpc) is 2.19. The maximum absolute atomic E-state index is 11.3. The highest BCUT2D eigenvalue weighted by Gasteiger charge is 2.13. The Morgan fingerprint density at radius 2 is 2.00 bits per heavy atom. The molecule has 0 amide bonds. The molecule has 0 radical (unpaired) electrons. The lowest BCUT2D eigenvalue weighted by atomic mass is 9.88. The Labute approximate surface area is 86.3 Å². The summed E-state index contributed by atoms with van der Waals surface area (Å²) in [6, 6.07) is 0. The van der Waals surface area contributed by atoms with Crippen molar-refractivity contribution < 1.29 is 9.53 Å². The molecule has 0 bridgehead atoms. The predicted octanol–water partition coefficient (Wildman–Crippen LogP) is 3.08. The van der Waals surface area contributed by atoms with Gasteiger partial charge in [0.05, 0.1) is 6.61 Å². The SMILES string of the molecule is CCOC(=O)/C(C)=C/C1CCCCC1. The van der Waals surface area contributed by atoms with Gasteiger partial charge in [-0.15, -0.1) is 0 Å². The molecule has 1 aliphatic carbocycles. The summed E-state index contributed by atoms with van der Waals surface area (Å²) in [7, 11) is 0. The second-order valence-electron chi connectivity index (χ2n) is 3.97. The minimum atomic E-state index is -0.155. The van der Waals surface area contributed by atoms with Crippen molar-refractivity contribution in [3.8, 4) is 0 Å². The molecule has 0 spiro atoms. The summed E-state index contributed by atoms with van der Waals surface area (Å²) < 4.78 is 4.94. The van der Waals surface area contributed by atoms with Crippen LogP contribution in [0.4, 0.5) is 0 Å². The fourth-order valence-electron chi connectivity index (χ4n) is 1.97. The highest BCUT2D eigenvalue weighted by atomic mass is 16.5. The van der Waals surface area contributed by atoms with Gasteiger partial charge in [0.25, 0.3) is 0 Å². The number of carbonyl (C=O) groups excluding carboxylic acids is 1. The van der Waals surface area contributed by atoms with Gasteiger partial charge in [0.15, 0.2) is 0 Å². The summed E-state index contributed by atoms with van der Waals surface area (Å²) in [5.74, 6) is 0.450. The van der Waals surface area contributed by atoms with Crippen molar-refractivity contribution in [1.82, 2.24) is 0 Å². The first-order valence-corrected chi connectivity index (χ1v) is 5.59. The molecule has 14 heavy (non-hydrogen) atoms. The molecule has 1 rings (SSSR count). The Morgan fingerprint density at radius 1 is 1.36 bits per heavy atom. The Hall–Kier alpha value is -0.790. The molecule has 0 heterocycles. The van der Waals surface area contributed by atoms with Gasteiger partial charge in [0, 0.05) is 5.57 Å². The zero-order valence-corrected chi connectivity index (χ0v) is 9.21. The highest BCUT2D eigenvalue weighted by molar-refractivity contribution is 5.87. The first kappa shape index (κ1) is 11.3. The Morgan fingerprint density at radius 3 is 2.57 bits per heavy atom. The molecule has 0 N–H and O–H groups in total. The lowest BCUT2D eigenvalue weighted by molar-refractivity contribution is -0.138. The largest absolute Gasteiger partial charge is 0.463 e. The van der Waals surface area contributed by atoms with Crippen LogP contribution in [0, 0.1) is 5.92 Å². The van der Waals surface area contributed by atoms with Crippen molar-refractivity contribution in [2.45, 2.75) is 46.0 Å². The minimum absolute atomic E-state index is 0.155. The third-order valence-corrected chi connectivity index (χ3v) is 2.73. The first-order chi connectivity index (χ1) is 6.74. The van der Waals surface area contributed by atoms with Gasteiger partial charge in [-0.2, -0.15) is 0 Å². The Bertz CT molecular complexity index is 212. The zero-order chi connectivity index (χ0) is 10.4. The molecule has 0 saturated heterocycles. The molecule has 80 valence electrons. The van der Waals surface area contributed by atoms with Gasteiger partial charge < -0.3 is 4.74 Å². The molecule has 0 aromatic carbocycles. The number of esters is 1. The zero-order valence-electron chi connectivity index (χ0n) is 9.21. The maximum atomic E-state index is 11.3. The molecule has 0 atom stereocenters. The van der Waals surface area contributed by atoms with Crippen LogP contribution in [0.1, 0.15) is 46.0 Å². The quantitative estimate of drug-likeness (QED) is 0.512. The minimum Gasteiger partial charge on any atom is -0.463 e. The Kier molecular flexibility index (Phi) is 4.71. The summed E-state index contributed by atoms with van der Waals surface area (Å²) in [4.78, 5) is 11.3. The van der Waals surface area contributed by atoms with Gasteiger partial charge in [-0.3, -0.25) is 0 Å². The molecule has 0 aliphatic heterocycles. The molecule has 1 saturated carbocycles. The van der Waals surface area contributed by atoms with Crippen LogP contribution in [-0.2, 0) is 9.53 Å². The Balaban J connectivity index is 2.44. The molecule has 1 aliphatic rings. The molecular weight excluding hydrogens is 176 g/mol. The standard InChI is InChI=1S/C12H20O2/c1-3-14-12(13)10(2)9-11-7-5-4-6-8-11/h9,11H,3-8H2,1-2H3/b10-9+. The van der Waals surface area contributed by atoms with Crippen molar-refractivity contribution in [2.24, 2.45) is 5.92 Å². The van der Waals surface area contributed by atoms with E-state index in [1.807, 2.05) is 13.8 Å². The van der Waals surface area contributed by atoms with Crippen LogP contribution in [0.2, 0.25) is 0 Å². The van der Waals surface area contributed by atoms with E-state index in [2.05, 4.69) is 6.08 Å². The van der Waals surface area contributed by atoms with Crippen molar-refractivity contribution in [3.63, 3.8) is 0 Å². The van der Waals surface area contributed by atoms with E-state index in [0.29, 0.717) is 12.5 Å². The van der Waals surface area contributed by atoms with E-state index in [4.69, 9.17) is 4.74 Å². The third-order valence-electron chi connectivity index (χ3n) is 2.73. The maximum Gasteiger partial charge on any atom is 0.333 e. The van der Waals surface area contributed by atoms with Crippen LogP contribution in [0.3, 0.4) is 0 Å². The van der Waals surface area contributed by atoms with Gasteiger partial charge in [-0.25, -0.2) is 4.79 Å². The number of hydrogen-bond acceptors (Lipinski definition) is 2. The van der Waals surface area contributed by atoms with Gasteiger partial charge in [-0.05, 0) is 32.6 Å². The van der Waals surface area contributed by atoms with E-state index in [9.17, 15) is 4.79 Å². The van der Waals surface area contributed by atoms with Crippen LogP contribution in [0.5, 0.6) is 0 Å². The van der Waals surface area contributed by atoms with Crippen LogP contribution in [0.15, 0.2) is 11.6 Å². The number of rotatable bonds is 3.